The second-order valence-corrected chi connectivity index (χ2v) is 5.32. The van der Waals surface area contributed by atoms with Crippen molar-refractivity contribution >= 4 is 17.0 Å². The van der Waals surface area contributed by atoms with E-state index in [9.17, 15) is 4.79 Å². The highest BCUT2D eigenvalue weighted by Gasteiger charge is 2.14. The summed E-state index contributed by atoms with van der Waals surface area (Å²) in [6.07, 6.45) is 3.01. The van der Waals surface area contributed by atoms with Crippen molar-refractivity contribution in [2.45, 2.75) is 6.61 Å². The molecule has 2 heterocycles. The molecule has 0 saturated carbocycles. The van der Waals surface area contributed by atoms with E-state index < -0.39 is 6.09 Å². The minimum Gasteiger partial charge on any atom is -0.444 e. The van der Waals surface area contributed by atoms with Gasteiger partial charge in [-0.2, -0.15) is 0 Å². The Morgan fingerprint density at radius 3 is 2.65 bits per heavy atom. The largest absolute Gasteiger partial charge is 0.444 e. The molecular formula is C19H14N2O2. The van der Waals surface area contributed by atoms with Gasteiger partial charge in [-0.3, -0.25) is 4.57 Å². The van der Waals surface area contributed by atoms with Gasteiger partial charge in [0.25, 0.3) is 0 Å². The molecule has 4 nitrogen and oxygen atoms in total. The number of rotatable bonds is 2. The van der Waals surface area contributed by atoms with Crippen molar-refractivity contribution in [3.8, 4) is 11.3 Å². The van der Waals surface area contributed by atoms with Gasteiger partial charge in [-0.15, -0.1) is 0 Å². The smallest absolute Gasteiger partial charge is 0.418 e. The zero-order valence-corrected chi connectivity index (χ0v) is 12.3. The van der Waals surface area contributed by atoms with Gasteiger partial charge in [0.15, 0.2) is 0 Å². The van der Waals surface area contributed by atoms with Crippen molar-refractivity contribution in [1.29, 1.82) is 0 Å². The molecule has 2 aliphatic heterocycles. The average Bonchev–Trinajstić information content (AvgIpc) is 2.98. The van der Waals surface area contributed by atoms with Gasteiger partial charge in [0.2, 0.25) is 0 Å². The number of ether oxygens (including phenoxy) is 1. The normalized spacial score (nSPS) is 11.0. The minimum atomic E-state index is -0.414. The molecule has 0 radical (unpaired) electrons. The van der Waals surface area contributed by atoms with Crippen LogP contribution in [0.2, 0.25) is 0 Å². The summed E-state index contributed by atoms with van der Waals surface area (Å²) in [5.74, 6) is 0. The van der Waals surface area contributed by atoms with Crippen LogP contribution in [0.4, 0.5) is 4.79 Å². The molecule has 0 spiro atoms. The summed E-state index contributed by atoms with van der Waals surface area (Å²) in [4.78, 5) is 16.7. The fourth-order valence-electron chi connectivity index (χ4n) is 2.64. The summed E-state index contributed by atoms with van der Waals surface area (Å²) in [6, 6.07) is 19.4. The van der Waals surface area contributed by atoms with Gasteiger partial charge in [0, 0.05) is 23.3 Å². The van der Waals surface area contributed by atoms with Crippen LogP contribution in [-0.4, -0.2) is 15.6 Å². The van der Waals surface area contributed by atoms with E-state index in [0.717, 1.165) is 27.7 Å². The number of carbonyl (C=O) groups is 1. The van der Waals surface area contributed by atoms with Gasteiger partial charge in [0.1, 0.15) is 6.61 Å². The van der Waals surface area contributed by atoms with Crippen LogP contribution in [0, 0.1) is 0 Å². The van der Waals surface area contributed by atoms with E-state index >= 15 is 0 Å². The molecule has 0 N–H and O–H groups in total. The Bertz CT molecular complexity index is 944. The lowest BCUT2D eigenvalue weighted by molar-refractivity contribution is 0.141. The number of pyridine rings is 1. The third kappa shape index (κ3) is 2.55. The average molecular weight is 302 g/mol. The Morgan fingerprint density at radius 2 is 1.78 bits per heavy atom. The van der Waals surface area contributed by atoms with Crippen molar-refractivity contribution in [1.82, 2.24) is 9.55 Å². The number of aromatic nitrogens is 2. The number of nitrogens with zero attached hydrogens (tertiary/aromatic N) is 2. The first-order valence-electron chi connectivity index (χ1n) is 7.39. The molecule has 23 heavy (non-hydrogen) atoms. The maximum absolute atomic E-state index is 12.2. The highest BCUT2D eigenvalue weighted by atomic mass is 16.5. The number of hydrogen-bond donors (Lipinski definition) is 0. The van der Waals surface area contributed by atoms with Gasteiger partial charge < -0.3 is 4.74 Å². The molecule has 0 saturated heterocycles. The quantitative estimate of drug-likeness (QED) is 0.553. The first kappa shape index (κ1) is 13.5. The zero-order chi connectivity index (χ0) is 15.6. The van der Waals surface area contributed by atoms with E-state index in [1.54, 1.807) is 12.4 Å². The minimum absolute atomic E-state index is 0.251. The van der Waals surface area contributed by atoms with Crippen LogP contribution in [0.15, 0.2) is 73.1 Å². The van der Waals surface area contributed by atoms with E-state index in [-0.39, 0.29) is 6.61 Å². The molecule has 0 amide bonds. The summed E-state index contributed by atoms with van der Waals surface area (Å²) < 4.78 is 6.76. The molecule has 0 fully saturated rings. The molecule has 2 aromatic rings. The topological polar surface area (TPSA) is 44.1 Å². The highest BCUT2D eigenvalue weighted by molar-refractivity contribution is 5.97. The molecule has 4 rings (SSSR count). The van der Waals surface area contributed by atoms with Crippen molar-refractivity contribution in [3.05, 3.63) is 78.6 Å². The van der Waals surface area contributed by atoms with Crippen LogP contribution in [0.25, 0.3) is 22.2 Å². The Balaban J connectivity index is 1.60. The van der Waals surface area contributed by atoms with E-state index in [1.807, 2.05) is 60.7 Å². The molecule has 0 atom stereocenters. The van der Waals surface area contributed by atoms with E-state index in [2.05, 4.69) is 4.98 Å². The first-order chi connectivity index (χ1) is 11.3. The van der Waals surface area contributed by atoms with Crippen molar-refractivity contribution < 1.29 is 9.53 Å². The van der Waals surface area contributed by atoms with Gasteiger partial charge in [-0.05, 0) is 17.7 Å². The van der Waals surface area contributed by atoms with E-state index in [1.165, 1.54) is 4.57 Å². The van der Waals surface area contributed by atoms with Crippen LogP contribution in [0.5, 0.6) is 0 Å². The van der Waals surface area contributed by atoms with Crippen molar-refractivity contribution in [2.75, 3.05) is 0 Å². The maximum Gasteiger partial charge on any atom is 0.418 e. The fraction of sp³-hybridized carbons (Fsp3) is 0.0526. The fourth-order valence-corrected chi connectivity index (χ4v) is 2.64. The molecule has 4 heteroatoms. The molecule has 0 aromatic heterocycles. The number of carbonyl (C=O) groups excluding carboxylic acids is 1. The van der Waals surface area contributed by atoms with E-state index in [0.29, 0.717) is 0 Å². The lowest BCUT2D eigenvalue weighted by atomic mass is 10.1. The summed E-state index contributed by atoms with van der Waals surface area (Å²) >= 11 is 0. The molecule has 2 aliphatic rings. The van der Waals surface area contributed by atoms with Gasteiger partial charge in [-0.1, -0.05) is 48.5 Å². The van der Waals surface area contributed by atoms with Crippen molar-refractivity contribution in [3.63, 3.8) is 0 Å². The number of fused-ring (bicyclic) bond motifs is 3. The standard InChI is InChI=1S/C19H14N2O2/c22-19(23-13-14-6-2-1-3-7-14)21-11-10-16-15-8-4-5-9-17(15)20-18(16)12-21/h1-12H,13H2. The zero-order valence-electron chi connectivity index (χ0n) is 12.3. The lowest BCUT2D eigenvalue weighted by Crippen LogP contribution is -2.13. The third-order valence-electron chi connectivity index (χ3n) is 3.79. The number of hydrogen-bond acceptors (Lipinski definition) is 3. The predicted octanol–water partition coefficient (Wildman–Crippen LogP) is 4.33. The van der Waals surface area contributed by atoms with Crippen LogP contribution in [0.1, 0.15) is 5.56 Å². The van der Waals surface area contributed by atoms with Crippen LogP contribution in [-0.2, 0) is 11.3 Å². The van der Waals surface area contributed by atoms with Gasteiger partial charge in [0.05, 0.1) is 11.2 Å². The SMILES string of the molecule is O=C(OCc1ccccc1)n1ccc2c3ccccc3nc-2c1. The molecular weight excluding hydrogens is 288 g/mol. The number of para-hydroxylation sites is 1. The monoisotopic (exact) mass is 302 g/mol. The van der Waals surface area contributed by atoms with E-state index in [4.69, 9.17) is 4.74 Å². The number of benzene rings is 2. The van der Waals surface area contributed by atoms with Crippen LogP contribution >= 0.6 is 0 Å². The first-order valence-corrected chi connectivity index (χ1v) is 7.39. The molecule has 2 aromatic carbocycles. The highest BCUT2D eigenvalue weighted by Crippen LogP contribution is 2.30. The van der Waals surface area contributed by atoms with Gasteiger partial charge in [-0.25, -0.2) is 9.78 Å². The Hall–Kier alpha value is -3.14. The van der Waals surface area contributed by atoms with Crippen LogP contribution < -0.4 is 0 Å². The maximum atomic E-state index is 12.2. The molecule has 0 bridgehead atoms. The summed E-state index contributed by atoms with van der Waals surface area (Å²) in [6.45, 7) is 0.251. The molecule has 112 valence electrons. The Labute approximate surface area is 133 Å². The second kappa shape index (κ2) is 5.57. The Morgan fingerprint density at radius 1 is 1.00 bits per heavy atom. The van der Waals surface area contributed by atoms with Crippen molar-refractivity contribution in [2.24, 2.45) is 0 Å². The summed E-state index contributed by atoms with van der Waals surface area (Å²) in [7, 11) is 0. The lowest BCUT2D eigenvalue weighted by Gasteiger charge is -2.08. The Kier molecular flexibility index (Phi) is 3.27. The molecule has 0 aliphatic carbocycles. The molecule has 0 unspecified atom stereocenters. The van der Waals surface area contributed by atoms with Crippen LogP contribution in [0.3, 0.4) is 0 Å². The summed E-state index contributed by atoms with van der Waals surface area (Å²) in [5, 5.41) is 1.09. The van der Waals surface area contributed by atoms with Gasteiger partial charge >= 0.3 is 6.09 Å². The predicted molar refractivity (Wildman–Crippen MR) is 88.4 cm³/mol. The summed E-state index contributed by atoms with van der Waals surface area (Å²) in [5.41, 5.74) is 3.70. The second-order valence-electron chi connectivity index (χ2n) is 5.32. The third-order valence-corrected chi connectivity index (χ3v) is 3.79.